The SMILES string of the molecule is CCNC(C#N)CCN(C)CC. The number of hydrogen-bond donors (Lipinski definition) is 1. The van der Waals surface area contributed by atoms with Crippen LogP contribution in [0.1, 0.15) is 20.3 Å². The van der Waals surface area contributed by atoms with Crippen molar-refractivity contribution < 1.29 is 0 Å². The van der Waals surface area contributed by atoms with Crippen molar-refractivity contribution in [1.82, 2.24) is 10.2 Å². The predicted octanol–water partition coefficient (Wildman–Crippen LogP) is 0.830. The molecule has 0 spiro atoms. The Bertz CT molecular complexity index is 139. The van der Waals surface area contributed by atoms with Crippen molar-refractivity contribution in [2.75, 3.05) is 26.7 Å². The summed E-state index contributed by atoms with van der Waals surface area (Å²) in [5.41, 5.74) is 0. The van der Waals surface area contributed by atoms with Gasteiger partial charge in [0.2, 0.25) is 0 Å². The molecule has 0 aromatic rings. The number of nitrogens with one attached hydrogen (secondary N) is 1. The van der Waals surface area contributed by atoms with Gasteiger partial charge in [-0.05, 0) is 26.6 Å². The summed E-state index contributed by atoms with van der Waals surface area (Å²) in [6.07, 6.45) is 0.911. The lowest BCUT2D eigenvalue weighted by Gasteiger charge is -2.16. The molecular formula is C9H19N3. The maximum Gasteiger partial charge on any atom is 0.0965 e. The van der Waals surface area contributed by atoms with E-state index in [1.165, 1.54) is 0 Å². The molecule has 0 aromatic heterocycles. The van der Waals surface area contributed by atoms with Crippen LogP contribution < -0.4 is 5.32 Å². The highest BCUT2D eigenvalue weighted by Crippen LogP contribution is 1.92. The summed E-state index contributed by atoms with van der Waals surface area (Å²) >= 11 is 0. The molecule has 0 aliphatic heterocycles. The van der Waals surface area contributed by atoms with Crippen molar-refractivity contribution in [1.29, 1.82) is 5.26 Å². The van der Waals surface area contributed by atoms with Crippen LogP contribution in [0.2, 0.25) is 0 Å². The van der Waals surface area contributed by atoms with E-state index in [2.05, 4.69) is 30.3 Å². The van der Waals surface area contributed by atoms with Crippen LogP contribution in [0.4, 0.5) is 0 Å². The molecule has 3 nitrogen and oxygen atoms in total. The molecule has 1 atom stereocenters. The summed E-state index contributed by atoms with van der Waals surface area (Å²) in [5.74, 6) is 0. The van der Waals surface area contributed by atoms with Crippen molar-refractivity contribution in [3.63, 3.8) is 0 Å². The monoisotopic (exact) mass is 169 g/mol. The van der Waals surface area contributed by atoms with Gasteiger partial charge in [-0.2, -0.15) is 5.26 Å². The van der Waals surface area contributed by atoms with Gasteiger partial charge in [-0.3, -0.25) is 0 Å². The highest BCUT2D eigenvalue weighted by molar-refractivity contribution is 4.89. The van der Waals surface area contributed by atoms with Gasteiger partial charge in [-0.15, -0.1) is 0 Å². The summed E-state index contributed by atoms with van der Waals surface area (Å²) in [5, 5.41) is 11.8. The third-order valence-corrected chi connectivity index (χ3v) is 1.95. The van der Waals surface area contributed by atoms with Gasteiger partial charge in [0.15, 0.2) is 0 Å². The highest BCUT2D eigenvalue weighted by Gasteiger charge is 2.05. The summed E-state index contributed by atoms with van der Waals surface area (Å²) < 4.78 is 0. The van der Waals surface area contributed by atoms with E-state index in [1.807, 2.05) is 6.92 Å². The van der Waals surface area contributed by atoms with Gasteiger partial charge >= 0.3 is 0 Å². The molecule has 0 saturated carbocycles. The molecule has 0 amide bonds. The molecule has 0 bridgehead atoms. The molecule has 0 fully saturated rings. The van der Waals surface area contributed by atoms with Gasteiger partial charge < -0.3 is 10.2 Å². The lowest BCUT2D eigenvalue weighted by atomic mass is 10.2. The van der Waals surface area contributed by atoms with Crippen LogP contribution in [0.25, 0.3) is 0 Å². The second-order valence-electron chi connectivity index (χ2n) is 2.92. The number of nitriles is 1. The van der Waals surface area contributed by atoms with Gasteiger partial charge in [0, 0.05) is 6.54 Å². The molecule has 0 radical (unpaired) electrons. The smallest absolute Gasteiger partial charge is 0.0965 e. The summed E-state index contributed by atoms with van der Waals surface area (Å²) in [6, 6.07) is 2.26. The normalized spacial score (nSPS) is 12.9. The van der Waals surface area contributed by atoms with Gasteiger partial charge in [-0.1, -0.05) is 13.8 Å². The van der Waals surface area contributed by atoms with Crippen LogP contribution in [0.5, 0.6) is 0 Å². The Morgan fingerprint density at radius 1 is 1.50 bits per heavy atom. The molecule has 0 rings (SSSR count). The average Bonchev–Trinajstić information content (AvgIpc) is 2.11. The number of hydrogen-bond acceptors (Lipinski definition) is 3. The van der Waals surface area contributed by atoms with Crippen LogP contribution in [0, 0.1) is 11.3 Å². The van der Waals surface area contributed by atoms with Crippen molar-refractivity contribution >= 4 is 0 Å². The summed E-state index contributed by atoms with van der Waals surface area (Å²) in [7, 11) is 2.07. The average molecular weight is 169 g/mol. The van der Waals surface area contributed by atoms with E-state index >= 15 is 0 Å². The molecule has 0 aromatic carbocycles. The van der Waals surface area contributed by atoms with Crippen molar-refractivity contribution in [3.8, 4) is 6.07 Å². The summed E-state index contributed by atoms with van der Waals surface area (Å²) in [4.78, 5) is 2.21. The minimum Gasteiger partial charge on any atom is -0.307 e. The first kappa shape index (κ1) is 11.4. The Balaban J connectivity index is 3.52. The van der Waals surface area contributed by atoms with E-state index in [1.54, 1.807) is 0 Å². The summed E-state index contributed by atoms with van der Waals surface area (Å²) in [6.45, 7) is 7.04. The van der Waals surface area contributed by atoms with Gasteiger partial charge in [0.1, 0.15) is 0 Å². The van der Waals surface area contributed by atoms with Crippen molar-refractivity contribution in [2.45, 2.75) is 26.3 Å². The van der Waals surface area contributed by atoms with Gasteiger partial charge in [0.05, 0.1) is 12.1 Å². The van der Waals surface area contributed by atoms with E-state index in [4.69, 9.17) is 5.26 Å². The minimum absolute atomic E-state index is 0.0176. The largest absolute Gasteiger partial charge is 0.307 e. The standard InChI is InChI=1S/C9H19N3/c1-4-11-9(8-10)6-7-12(3)5-2/h9,11H,4-7H2,1-3H3. The lowest BCUT2D eigenvalue weighted by Crippen LogP contribution is -2.31. The quantitative estimate of drug-likeness (QED) is 0.640. The van der Waals surface area contributed by atoms with E-state index in [0.717, 1.165) is 26.1 Å². The molecule has 1 unspecified atom stereocenters. The Kier molecular flexibility index (Phi) is 6.73. The topological polar surface area (TPSA) is 39.1 Å². The number of rotatable bonds is 6. The van der Waals surface area contributed by atoms with Gasteiger partial charge in [-0.25, -0.2) is 0 Å². The second kappa shape index (κ2) is 7.08. The first-order valence-electron chi connectivity index (χ1n) is 4.56. The van der Waals surface area contributed by atoms with Crippen molar-refractivity contribution in [2.24, 2.45) is 0 Å². The van der Waals surface area contributed by atoms with Gasteiger partial charge in [0.25, 0.3) is 0 Å². The Hall–Kier alpha value is -0.590. The van der Waals surface area contributed by atoms with Crippen LogP contribution >= 0.6 is 0 Å². The Labute approximate surface area is 75.4 Å². The molecule has 0 aliphatic rings. The maximum atomic E-state index is 8.71. The molecule has 70 valence electrons. The second-order valence-corrected chi connectivity index (χ2v) is 2.92. The first-order valence-corrected chi connectivity index (χ1v) is 4.56. The van der Waals surface area contributed by atoms with E-state index in [9.17, 15) is 0 Å². The molecule has 0 aliphatic carbocycles. The molecule has 0 saturated heterocycles. The highest BCUT2D eigenvalue weighted by atomic mass is 15.1. The van der Waals surface area contributed by atoms with Crippen molar-refractivity contribution in [3.05, 3.63) is 0 Å². The molecule has 0 heterocycles. The van der Waals surface area contributed by atoms with E-state index in [0.29, 0.717) is 0 Å². The first-order chi connectivity index (χ1) is 5.74. The lowest BCUT2D eigenvalue weighted by molar-refractivity contribution is 0.334. The van der Waals surface area contributed by atoms with Crippen LogP contribution in [0.3, 0.4) is 0 Å². The molecule has 12 heavy (non-hydrogen) atoms. The number of nitrogens with zero attached hydrogens (tertiary/aromatic N) is 2. The minimum atomic E-state index is 0.0176. The predicted molar refractivity (Wildman–Crippen MR) is 50.9 cm³/mol. The fourth-order valence-electron chi connectivity index (χ4n) is 0.966. The fourth-order valence-corrected chi connectivity index (χ4v) is 0.966. The van der Waals surface area contributed by atoms with E-state index < -0.39 is 0 Å². The zero-order valence-corrected chi connectivity index (χ0v) is 8.30. The fraction of sp³-hybridized carbons (Fsp3) is 0.889. The third kappa shape index (κ3) is 5.11. The Morgan fingerprint density at radius 3 is 2.58 bits per heavy atom. The van der Waals surface area contributed by atoms with E-state index in [-0.39, 0.29) is 6.04 Å². The van der Waals surface area contributed by atoms with Crippen LogP contribution in [-0.4, -0.2) is 37.6 Å². The Morgan fingerprint density at radius 2 is 2.17 bits per heavy atom. The molecule has 3 heteroatoms. The third-order valence-electron chi connectivity index (χ3n) is 1.95. The van der Waals surface area contributed by atoms with Crippen LogP contribution in [-0.2, 0) is 0 Å². The maximum absolute atomic E-state index is 8.71. The van der Waals surface area contributed by atoms with Crippen LogP contribution in [0.15, 0.2) is 0 Å². The molecule has 1 N–H and O–H groups in total. The zero-order chi connectivity index (χ0) is 9.40. The molecular weight excluding hydrogens is 150 g/mol. The zero-order valence-electron chi connectivity index (χ0n) is 8.30.